The Labute approximate surface area is 122 Å². The van der Waals surface area contributed by atoms with Crippen molar-refractivity contribution in [1.82, 2.24) is 10.3 Å². The van der Waals surface area contributed by atoms with E-state index in [-0.39, 0.29) is 11.9 Å². The molecule has 3 nitrogen and oxygen atoms in total. The highest BCUT2D eigenvalue weighted by Crippen LogP contribution is 2.24. The fraction of sp³-hybridized carbons (Fsp3) is 0.267. The molecule has 5 heteroatoms. The molecule has 0 radical (unpaired) electrons. The predicted molar refractivity (Wildman–Crippen MR) is 77.5 cm³/mol. The Bertz CT molecular complexity index is 592. The van der Waals surface area contributed by atoms with Crippen LogP contribution >= 0.6 is 11.6 Å². The Balaban J connectivity index is 2.06. The second-order valence-corrected chi connectivity index (χ2v) is 4.85. The number of hydrogen-bond donors (Lipinski definition) is 1. The van der Waals surface area contributed by atoms with E-state index >= 15 is 0 Å². The minimum absolute atomic E-state index is 0.00647. The number of benzene rings is 1. The third-order valence-corrected chi connectivity index (χ3v) is 3.40. The third kappa shape index (κ3) is 3.46. The summed E-state index contributed by atoms with van der Waals surface area (Å²) in [6, 6.07) is 8.21. The van der Waals surface area contributed by atoms with E-state index in [2.05, 4.69) is 10.3 Å². The van der Waals surface area contributed by atoms with Crippen LogP contribution in [0.1, 0.15) is 24.1 Å². The second kappa shape index (κ2) is 6.68. The second-order valence-electron chi connectivity index (χ2n) is 4.44. The van der Waals surface area contributed by atoms with Gasteiger partial charge >= 0.3 is 0 Å². The van der Waals surface area contributed by atoms with E-state index in [1.807, 2.05) is 19.1 Å². The van der Waals surface area contributed by atoms with E-state index in [1.165, 1.54) is 12.1 Å². The first-order valence-corrected chi connectivity index (χ1v) is 6.66. The zero-order valence-electron chi connectivity index (χ0n) is 11.4. The van der Waals surface area contributed by atoms with E-state index in [0.717, 1.165) is 11.1 Å². The largest absolute Gasteiger partial charge is 0.481 e. The molecule has 0 aliphatic carbocycles. The maximum atomic E-state index is 13.0. The molecule has 1 unspecified atom stereocenters. The van der Waals surface area contributed by atoms with Gasteiger partial charge in [-0.25, -0.2) is 9.37 Å². The molecule has 0 bridgehead atoms. The highest BCUT2D eigenvalue weighted by Gasteiger charge is 2.11. The maximum Gasteiger partial charge on any atom is 0.217 e. The molecule has 2 rings (SSSR count). The molecule has 0 aliphatic rings. The fourth-order valence-corrected chi connectivity index (χ4v) is 2.30. The van der Waals surface area contributed by atoms with Crippen LogP contribution in [0, 0.1) is 5.82 Å². The highest BCUT2D eigenvalue weighted by atomic mass is 35.5. The molecule has 0 saturated carbocycles. The molecule has 2 aromatic rings. The van der Waals surface area contributed by atoms with Crippen LogP contribution in [0.25, 0.3) is 0 Å². The highest BCUT2D eigenvalue weighted by molar-refractivity contribution is 6.31. The molecule has 1 aromatic heterocycles. The Hall–Kier alpha value is -1.65. The number of methoxy groups -OCH3 is 1. The standard InChI is InChI=1S/C15H16ClFN2O/c1-10(13-6-5-12(17)8-14(13)16)19-9-11-4-3-7-18-15(11)20-2/h3-8,10,19H,9H2,1-2H3. The Kier molecular flexibility index (Phi) is 4.93. The first-order valence-electron chi connectivity index (χ1n) is 6.28. The molecule has 1 aromatic carbocycles. The van der Waals surface area contributed by atoms with E-state index in [0.29, 0.717) is 17.4 Å². The van der Waals surface area contributed by atoms with Crippen molar-refractivity contribution >= 4 is 11.6 Å². The van der Waals surface area contributed by atoms with Gasteiger partial charge in [-0.1, -0.05) is 23.7 Å². The van der Waals surface area contributed by atoms with Crippen molar-refractivity contribution in [1.29, 1.82) is 0 Å². The quantitative estimate of drug-likeness (QED) is 0.912. The Morgan fingerprint density at radius 1 is 1.40 bits per heavy atom. The first kappa shape index (κ1) is 14.8. The number of nitrogens with one attached hydrogen (secondary N) is 1. The minimum Gasteiger partial charge on any atom is -0.481 e. The van der Waals surface area contributed by atoms with Crippen LogP contribution in [-0.2, 0) is 6.54 Å². The van der Waals surface area contributed by atoms with Gasteiger partial charge in [0.05, 0.1) is 7.11 Å². The van der Waals surface area contributed by atoms with Gasteiger partial charge in [0.25, 0.3) is 0 Å². The smallest absolute Gasteiger partial charge is 0.217 e. The van der Waals surface area contributed by atoms with Crippen molar-refractivity contribution in [2.24, 2.45) is 0 Å². The van der Waals surface area contributed by atoms with E-state index in [4.69, 9.17) is 16.3 Å². The topological polar surface area (TPSA) is 34.1 Å². The monoisotopic (exact) mass is 294 g/mol. The van der Waals surface area contributed by atoms with Crippen molar-refractivity contribution in [2.75, 3.05) is 7.11 Å². The summed E-state index contributed by atoms with van der Waals surface area (Å²) in [5, 5.41) is 3.74. The van der Waals surface area contributed by atoms with Crippen LogP contribution in [0.5, 0.6) is 5.88 Å². The van der Waals surface area contributed by atoms with Crippen molar-refractivity contribution in [3.05, 3.63) is 58.5 Å². The lowest BCUT2D eigenvalue weighted by atomic mass is 10.1. The third-order valence-electron chi connectivity index (χ3n) is 3.07. The SMILES string of the molecule is COc1ncccc1CNC(C)c1ccc(F)cc1Cl. The lowest BCUT2D eigenvalue weighted by Gasteiger charge is -2.16. The summed E-state index contributed by atoms with van der Waals surface area (Å²) < 4.78 is 18.2. The average molecular weight is 295 g/mol. The molecule has 0 amide bonds. The molecule has 1 N–H and O–H groups in total. The summed E-state index contributed by atoms with van der Waals surface area (Å²) >= 11 is 6.05. The molecular weight excluding hydrogens is 279 g/mol. The normalized spacial score (nSPS) is 12.2. The van der Waals surface area contributed by atoms with Crippen LogP contribution in [0.4, 0.5) is 4.39 Å². The Morgan fingerprint density at radius 3 is 2.90 bits per heavy atom. The summed E-state index contributed by atoms with van der Waals surface area (Å²) in [6.45, 7) is 2.56. The van der Waals surface area contributed by atoms with Gasteiger partial charge in [-0.05, 0) is 30.7 Å². The molecule has 1 atom stereocenters. The first-order chi connectivity index (χ1) is 9.61. The number of halogens is 2. The molecule has 0 spiro atoms. The predicted octanol–water partition coefficient (Wildman–Crippen LogP) is 3.73. The lowest BCUT2D eigenvalue weighted by molar-refractivity contribution is 0.389. The van der Waals surface area contributed by atoms with Gasteiger partial charge in [0.2, 0.25) is 5.88 Å². The summed E-state index contributed by atoms with van der Waals surface area (Å²) in [7, 11) is 1.59. The number of pyridine rings is 1. The summed E-state index contributed by atoms with van der Waals surface area (Å²) in [5.74, 6) is 0.261. The van der Waals surface area contributed by atoms with Crippen LogP contribution in [0.2, 0.25) is 5.02 Å². The van der Waals surface area contributed by atoms with Gasteiger partial charge in [0.1, 0.15) is 5.82 Å². The van der Waals surface area contributed by atoms with Crippen molar-refractivity contribution in [3.8, 4) is 5.88 Å². The lowest BCUT2D eigenvalue weighted by Crippen LogP contribution is -2.19. The molecule has 0 aliphatic heterocycles. The number of rotatable bonds is 5. The summed E-state index contributed by atoms with van der Waals surface area (Å²) in [6.07, 6.45) is 1.68. The number of nitrogens with zero attached hydrogens (tertiary/aromatic N) is 1. The molecule has 1 heterocycles. The molecule has 106 valence electrons. The zero-order valence-corrected chi connectivity index (χ0v) is 12.1. The molecule has 0 fully saturated rings. The molecule has 0 saturated heterocycles. The van der Waals surface area contributed by atoms with E-state index in [9.17, 15) is 4.39 Å². The fourth-order valence-electron chi connectivity index (χ4n) is 1.97. The van der Waals surface area contributed by atoms with Gasteiger partial charge in [-0.15, -0.1) is 0 Å². The summed E-state index contributed by atoms with van der Waals surface area (Å²) in [4.78, 5) is 4.14. The number of ether oxygens (including phenoxy) is 1. The van der Waals surface area contributed by atoms with Crippen LogP contribution in [0.3, 0.4) is 0 Å². The number of hydrogen-bond acceptors (Lipinski definition) is 3. The summed E-state index contributed by atoms with van der Waals surface area (Å²) in [5.41, 5.74) is 1.82. The van der Waals surface area contributed by atoms with Crippen molar-refractivity contribution < 1.29 is 9.13 Å². The van der Waals surface area contributed by atoms with Crippen LogP contribution in [-0.4, -0.2) is 12.1 Å². The van der Waals surface area contributed by atoms with Crippen LogP contribution in [0.15, 0.2) is 36.5 Å². The molecule has 20 heavy (non-hydrogen) atoms. The molecular formula is C15H16ClFN2O. The van der Waals surface area contributed by atoms with Crippen molar-refractivity contribution in [2.45, 2.75) is 19.5 Å². The van der Waals surface area contributed by atoms with Crippen LogP contribution < -0.4 is 10.1 Å². The van der Waals surface area contributed by atoms with Gasteiger partial charge in [-0.2, -0.15) is 0 Å². The van der Waals surface area contributed by atoms with Gasteiger partial charge in [-0.3, -0.25) is 0 Å². The minimum atomic E-state index is -0.333. The Morgan fingerprint density at radius 2 is 2.20 bits per heavy atom. The van der Waals surface area contributed by atoms with Gasteiger partial charge in [0, 0.05) is 29.4 Å². The average Bonchev–Trinajstić information content (AvgIpc) is 2.45. The maximum absolute atomic E-state index is 13.0. The van der Waals surface area contributed by atoms with Gasteiger partial charge < -0.3 is 10.1 Å². The van der Waals surface area contributed by atoms with E-state index in [1.54, 1.807) is 19.4 Å². The van der Waals surface area contributed by atoms with Gasteiger partial charge in [0.15, 0.2) is 0 Å². The number of aromatic nitrogens is 1. The van der Waals surface area contributed by atoms with E-state index < -0.39 is 0 Å². The van der Waals surface area contributed by atoms with Crippen molar-refractivity contribution in [3.63, 3.8) is 0 Å². The zero-order chi connectivity index (χ0) is 14.5.